The van der Waals surface area contributed by atoms with Crippen LogP contribution in [0.1, 0.15) is 29.9 Å². The standard InChI is InChI=1S/C20H20N2O/c1-15(2)22(14-16-8-4-3-5-9-16)20(23)19-13-12-17-10-6-7-11-18(17)21-19/h3-13,15H,14H2,1-2H3. The fraction of sp³-hybridized carbons (Fsp3) is 0.200. The fourth-order valence-corrected chi connectivity index (χ4v) is 2.60. The van der Waals surface area contributed by atoms with Crippen LogP contribution in [-0.4, -0.2) is 21.8 Å². The van der Waals surface area contributed by atoms with Gasteiger partial charge in [-0.2, -0.15) is 0 Å². The summed E-state index contributed by atoms with van der Waals surface area (Å²) in [5.74, 6) is -0.0328. The second-order valence-corrected chi connectivity index (χ2v) is 5.90. The van der Waals surface area contributed by atoms with Crippen LogP contribution in [0, 0.1) is 0 Å². The van der Waals surface area contributed by atoms with Gasteiger partial charge in [0.1, 0.15) is 5.69 Å². The average molecular weight is 304 g/mol. The maximum atomic E-state index is 12.9. The van der Waals surface area contributed by atoms with E-state index in [1.54, 1.807) is 0 Å². The van der Waals surface area contributed by atoms with Crippen LogP contribution in [0.2, 0.25) is 0 Å². The van der Waals surface area contributed by atoms with Gasteiger partial charge in [0.2, 0.25) is 0 Å². The first-order chi connectivity index (χ1) is 11.1. The summed E-state index contributed by atoms with van der Waals surface area (Å²) in [7, 11) is 0. The maximum absolute atomic E-state index is 12.9. The molecule has 2 aromatic carbocycles. The number of pyridine rings is 1. The highest BCUT2D eigenvalue weighted by Gasteiger charge is 2.20. The molecule has 3 nitrogen and oxygen atoms in total. The number of para-hydroxylation sites is 1. The number of amides is 1. The van der Waals surface area contributed by atoms with Gasteiger partial charge in [-0.05, 0) is 31.5 Å². The Morgan fingerprint density at radius 2 is 1.65 bits per heavy atom. The molecule has 3 aromatic rings. The van der Waals surface area contributed by atoms with Gasteiger partial charge in [0.05, 0.1) is 5.52 Å². The van der Waals surface area contributed by atoms with Crippen LogP contribution >= 0.6 is 0 Å². The van der Waals surface area contributed by atoms with E-state index in [9.17, 15) is 4.79 Å². The fourth-order valence-electron chi connectivity index (χ4n) is 2.60. The molecule has 0 aliphatic rings. The van der Waals surface area contributed by atoms with Gasteiger partial charge in [-0.1, -0.05) is 54.6 Å². The molecule has 0 radical (unpaired) electrons. The Morgan fingerprint density at radius 1 is 0.957 bits per heavy atom. The highest BCUT2D eigenvalue weighted by Crippen LogP contribution is 2.16. The Labute approximate surface area is 136 Å². The number of aromatic nitrogens is 1. The van der Waals surface area contributed by atoms with Crippen molar-refractivity contribution in [2.45, 2.75) is 26.4 Å². The number of carbonyl (C=O) groups is 1. The molecule has 0 aliphatic heterocycles. The smallest absolute Gasteiger partial charge is 0.273 e. The summed E-state index contributed by atoms with van der Waals surface area (Å²) in [5.41, 5.74) is 2.46. The van der Waals surface area contributed by atoms with Crippen molar-refractivity contribution < 1.29 is 4.79 Å². The summed E-state index contributed by atoms with van der Waals surface area (Å²) >= 11 is 0. The quantitative estimate of drug-likeness (QED) is 0.720. The lowest BCUT2D eigenvalue weighted by Gasteiger charge is -2.26. The van der Waals surface area contributed by atoms with Gasteiger partial charge in [-0.3, -0.25) is 4.79 Å². The SMILES string of the molecule is CC(C)N(Cc1ccccc1)C(=O)c1ccc2ccccc2n1. The van der Waals surface area contributed by atoms with E-state index in [0.717, 1.165) is 16.5 Å². The highest BCUT2D eigenvalue weighted by atomic mass is 16.2. The lowest BCUT2D eigenvalue weighted by Crippen LogP contribution is -2.36. The molecule has 0 saturated carbocycles. The third kappa shape index (κ3) is 3.39. The third-order valence-electron chi connectivity index (χ3n) is 3.90. The Hall–Kier alpha value is -2.68. The number of carbonyl (C=O) groups excluding carboxylic acids is 1. The molecule has 3 rings (SSSR count). The Kier molecular flexibility index (Phi) is 4.38. The molecule has 0 bridgehead atoms. The van der Waals surface area contributed by atoms with Crippen molar-refractivity contribution in [1.82, 2.24) is 9.88 Å². The first-order valence-electron chi connectivity index (χ1n) is 7.86. The minimum Gasteiger partial charge on any atom is -0.331 e. The number of fused-ring (bicyclic) bond motifs is 1. The zero-order valence-electron chi connectivity index (χ0n) is 13.4. The molecule has 1 aromatic heterocycles. The maximum Gasteiger partial charge on any atom is 0.273 e. The number of benzene rings is 2. The first-order valence-corrected chi connectivity index (χ1v) is 7.86. The molecule has 1 amide bonds. The van der Waals surface area contributed by atoms with Crippen LogP contribution in [0.3, 0.4) is 0 Å². The summed E-state index contributed by atoms with van der Waals surface area (Å²) in [5, 5.41) is 1.04. The lowest BCUT2D eigenvalue weighted by molar-refractivity contribution is 0.0684. The molecular weight excluding hydrogens is 284 g/mol. The predicted molar refractivity (Wildman–Crippen MR) is 93.2 cm³/mol. The molecule has 3 heteroatoms. The van der Waals surface area contributed by atoms with Crippen LogP contribution < -0.4 is 0 Å². The van der Waals surface area contributed by atoms with Crippen LogP contribution in [0.5, 0.6) is 0 Å². The van der Waals surface area contributed by atoms with E-state index < -0.39 is 0 Å². The summed E-state index contributed by atoms with van der Waals surface area (Å²) < 4.78 is 0. The molecule has 0 atom stereocenters. The van der Waals surface area contributed by atoms with Crippen molar-refractivity contribution in [2.24, 2.45) is 0 Å². The second-order valence-electron chi connectivity index (χ2n) is 5.90. The van der Waals surface area contributed by atoms with E-state index in [1.165, 1.54) is 0 Å². The van der Waals surface area contributed by atoms with E-state index in [-0.39, 0.29) is 11.9 Å². The number of hydrogen-bond acceptors (Lipinski definition) is 2. The normalized spacial score (nSPS) is 10.9. The molecule has 116 valence electrons. The molecule has 1 heterocycles. The Morgan fingerprint density at radius 3 is 2.39 bits per heavy atom. The van der Waals surface area contributed by atoms with Crippen molar-refractivity contribution in [3.8, 4) is 0 Å². The average Bonchev–Trinajstić information content (AvgIpc) is 2.59. The van der Waals surface area contributed by atoms with Gasteiger partial charge in [-0.15, -0.1) is 0 Å². The second kappa shape index (κ2) is 6.61. The van der Waals surface area contributed by atoms with Crippen molar-refractivity contribution in [1.29, 1.82) is 0 Å². The topological polar surface area (TPSA) is 33.2 Å². The molecule has 0 spiro atoms. The van der Waals surface area contributed by atoms with Crippen LogP contribution in [-0.2, 0) is 6.54 Å². The van der Waals surface area contributed by atoms with Crippen molar-refractivity contribution in [2.75, 3.05) is 0 Å². The van der Waals surface area contributed by atoms with Crippen molar-refractivity contribution >= 4 is 16.8 Å². The van der Waals surface area contributed by atoms with E-state index in [4.69, 9.17) is 0 Å². The number of rotatable bonds is 4. The molecular formula is C20H20N2O. The van der Waals surface area contributed by atoms with Crippen LogP contribution in [0.25, 0.3) is 10.9 Å². The predicted octanol–water partition coefficient (Wildman–Crippen LogP) is 4.29. The molecule has 0 aliphatic carbocycles. The molecule has 0 N–H and O–H groups in total. The molecule has 23 heavy (non-hydrogen) atoms. The highest BCUT2D eigenvalue weighted by molar-refractivity contribution is 5.95. The summed E-state index contributed by atoms with van der Waals surface area (Å²) in [6, 6.07) is 21.8. The van der Waals surface area contributed by atoms with Gasteiger partial charge in [0.15, 0.2) is 0 Å². The Bertz CT molecular complexity index is 812. The van der Waals surface area contributed by atoms with E-state index in [2.05, 4.69) is 4.98 Å². The first kappa shape index (κ1) is 15.2. The van der Waals surface area contributed by atoms with Crippen LogP contribution in [0.15, 0.2) is 66.7 Å². The van der Waals surface area contributed by atoms with Gasteiger partial charge in [0, 0.05) is 18.0 Å². The van der Waals surface area contributed by atoms with E-state index >= 15 is 0 Å². The van der Waals surface area contributed by atoms with Gasteiger partial charge in [-0.25, -0.2) is 4.98 Å². The summed E-state index contributed by atoms with van der Waals surface area (Å²) in [6.07, 6.45) is 0. The van der Waals surface area contributed by atoms with Gasteiger partial charge in [0.25, 0.3) is 5.91 Å². The monoisotopic (exact) mass is 304 g/mol. The zero-order chi connectivity index (χ0) is 16.2. The lowest BCUT2D eigenvalue weighted by atomic mass is 10.1. The minimum absolute atomic E-state index is 0.0328. The third-order valence-corrected chi connectivity index (χ3v) is 3.90. The zero-order valence-corrected chi connectivity index (χ0v) is 13.4. The largest absolute Gasteiger partial charge is 0.331 e. The van der Waals surface area contributed by atoms with Crippen molar-refractivity contribution in [3.05, 3.63) is 78.0 Å². The van der Waals surface area contributed by atoms with Gasteiger partial charge < -0.3 is 4.90 Å². The van der Waals surface area contributed by atoms with Crippen molar-refractivity contribution in [3.63, 3.8) is 0 Å². The van der Waals surface area contributed by atoms with Gasteiger partial charge >= 0.3 is 0 Å². The summed E-state index contributed by atoms with van der Waals surface area (Å²) in [4.78, 5) is 19.3. The summed E-state index contributed by atoms with van der Waals surface area (Å²) in [6.45, 7) is 4.65. The molecule has 0 saturated heterocycles. The van der Waals surface area contributed by atoms with E-state index in [0.29, 0.717) is 12.2 Å². The Balaban J connectivity index is 1.90. The number of hydrogen-bond donors (Lipinski definition) is 0. The number of nitrogens with zero attached hydrogens (tertiary/aromatic N) is 2. The van der Waals surface area contributed by atoms with E-state index in [1.807, 2.05) is 85.5 Å². The molecule has 0 fully saturated rings. The van der Waals surface area contributed by atoms with Crippen LogP contribution in [0.4, 0.5) is 0 Å². The minimum atomic E-state index is -0.0328. The molecule has 0 unspecified atom stereocenters.